The van der Waals surface area contributed by atoms with Gasteiger partial charge in [-0.15, -0.1) is 0 Å². The summed E-state index contributed by atoms with van der Waals surface area (Å²) in [6.45, 7) is 2.07. The molecule has 28 heavy (non-hydrogen) atoms. The van der Waals surface area contributed by atoms with Crippen LogP contribution in [0.1, 0.15) is 30.4 Å². The van der Waals surface area contributed by atoms with Crippen LogP contribution in [0.3, 0.4) is 0 Å². The predicted octanol–water partition coefficient (Wildman–Crippen LogP) is 6.00. The number of carbonyl (C=O) groups excluding carboxylic acids is 1. The standard InChI is InChI=1S/C21H20ClF3N2O/c22-19-10-5-16(21(23,24)25)14-15(19)4-11-20(28)26-17-6-8-18(9-7-17)27-12-2-1-3-13-27/h4-11,14H,1-3,12-13H2,(H,26,28)/b11-4+. The van der Waals surface area contributed by atoms with E-state index in [2.05, 4.69) is 10.2 Å². The van der Waals surface area contributed by atoms with Crippen LogP contribution in [0.5, 0.6) is 0 Å². The first-order valence-electron chi connectivity index (χ1n) is 9.04. The van der Waals surface area contributed by atoms with Crippen molar-refractivity contribution < 1.29 is 18.0 Å². The molecule has 1 N–H and O–H groups in total. The number of alkyl halides is 3. The van der Waals surface area contributed by atoms with Crippen LogP contribution in [0.2, 0.25) is 5.02 Å². The summed E-state index contributed by atoms with van der Waals surface area (Å²) >= 11 is 5.93. The highest BCUT2D eigenvalue weighted by molar-refractivity contribution is 6.32. The first-order valence-corrected chi connectivity index (χ1v) is 9.41. The van der Waals surface area contributed by atoms with E-state index in [4.69, 9.17) is 11.6 Å². The third-order valence-corrected chi connectivity index (χ3v) is 4.94. The minimum absolute atomic E-state index is 0.132. The van der Waals surface area contributed by atoms with Gasteiger partial charge in [0.1, 0.15) is 0 Å². The van der Waals surface area contributed by atoms with Crippen molar-refractivity contribution in [2.75, 3.05) is 23.3 Å². The van der Waals surface area contributed by atoms with E-state index in [9.17, 15) is 18.0 Å². The Kier molecular flexibility index (Phi) is 6.29. The Morgan fingerprint density at radius 3 is 2.36 bits per heavy atom. The molecule has 0 radical (unpaired) electrons. The topological polar surface area (TPSA) is 32.3 Å². The van der Waals surface area contributed by atoms with Crippen molar-refractivity contribution in [2.45, 2.75) is 25.4 Å². The molecule has 0 aliphatic carbocycles. The van der Waals surface area contributed by atoms with Crippen LogP contribution < -0.4 is 10.2 Å². The molecule has 1 amide bonds. The number of piperidine rings is 1. The molecule has 3 nitrogen and oxygen atoms in total. The second-order valence-corrected chi connectivity index (χ2v) is 7.06. The maximum atomic E-state index is 12.8. The van der Waals surface area contributed by atoms with Crippen LogP contribution in [0.15, 0.2) is 48.5 Å². The van der Waals surface area contributed by atoms with Gasteiger partial charge >= 0.3 is 6.18 Å². The second kappa shape index (κ2) is 8.69. The number of carbonyl (C=O) groups is 1. The average Bonchev–Trinajstić information content (AvgIpc) is 2.68. The molecule has 1 heterocycles. The predicted molar refractivity (Wildman–Crippen MR) is 107 cm³/mol. The molecule has 2 aromatic rings. The molecule has 0 atom stereocenters. The van der Waals surface area contributed by atoms with Crippen LogP contribution in [0.4, 0.5) is 24.5 Å². The Morgan fingerprint density at radius 2 is 1.71 bits per heavy atom. The molecule has 2 aromatic carbocycles. The number of benzene rings is 2. The van der Waals surface area contributed by atoms with Crippen molar-refractivity contribution in [1.82, 2.24) is 0 Å². The zero-order valence-corrected chi connectivity index (χ0v) is 15.9. The largest absolute Gasteiger partial charge is 0.416 e. The molecule has 3 rings (SSSR count). The zero-order valence-electron chi connectivity index (χ0n) is 15.1. The molecule has 1 aliphatic heterocycles. The summed E-state index contributed by atoms with van der Waals surface area (Å²) < 4.78 is 38.4. The first kappa shape index (κ1) is 20.3. The van der Waals surface area contributed by atoms with E-state index in [1.54, 1.807) is 0 Å². The highest BCUT2D eigenvalue weighted by Crippen LogP contribution is 2.32. The summed E-state index contributed by atoms with van der Waals surface area (Å²) in [6, 6.07) is 10.5. The van der Waals surface area contributed by atoms with Gasteiger partial charge in [0, 0.05) is 35.6 Å². The molecule has 1 aliphatic rings. The van der Waals surface area contributed by atoms with E-state index in [1.807, 2.05) is 24.3 Å². The highest BCUT2D eigenvalue weighted by Gasteiger charge is 2.30. The third-order valence-electron chi connectivity index (χ3n) is 4.59. The SMILES string of the molecule is O=C(/C=C/c1cc(C(F)(F)F)ccc1Cl)Nc1ccc(N2CCCCC2)cc1. The molecule has 7 heteroatoms. The van der Waals surface area contributed by atoms with Gasteiger partial charge in [-0.2, -0.15) is 13.2 Å². The van der Waals surface area contributed by atoms with Crippen molar-refractivity contribution in [2.24, 2.45) is 0 Å². The van der Waals surface area contributed by atoms with Gasteiger partial charge in [-0.1, -0.05) is 11.6 Å². The van der Waals surface area contributed by atoms with Crippen molar-refractivity contribution in [3.05, 3.63) is 64.7 Å². The van der Waals surface area contributed by atoms with Crippen molar-refractivity contribution in [3.63, 3.8) is 0 Å². The molecule has 148 valence electrons. The van der Waals surface area contributed by atoms with Gasteiger partial charge in [0.25, 0.3) is 0 Å². The minimum atomic E-state index is -4.47. The maximum absolute atomic E-state index is 12.8. The number of halogens is 4. The summed E-state index contributed by atoms with van der Waals surface area (Å²) in [5.74, 6) is -0.445. The fourth-order valence-electron chi connectivity index (χ4n) is 3.10. The lowest BCUT2D eigenvalue weighted by Gasteiger charge is -2.28. The number of hydrogen-bond acceptors (Lipinski definition) is 2. The van der Waals surface area contributed by atoms with Crippen molar-refractivity contribution in [1.29, 1.82) is 0 Å². The average molecular weight is 409 g/mol. The summed E-state index contributed by atoms with van der Waals surface area (Å²) in [5, 5.41) is 2.84. The monoisotopic (exact) mass is 408 g/mol. The lowest BCUT2D eigenvalue weighted by molar-refractivity contribution is -0.137. The molecule has 0 aromatic heterocycles. The van der Waals surface area contributed by atoms with Gasteiger partial charge in [-0.05, 0) is 73.4 Å². The molecular formula is C21H20ClF3N2O. The quantitative estimate of drug-likeness (QED) is 0.629. The number of nitrogens with zero attached hydrogens (tertiary/aromatic N) is 1. The van der Waals surface area contributed by atoms with Gasteiger partial charge in [0.05, 0.1) is 5.56 Å². The van der Waals surface area contributed by atoms with E-state index in [-0.39, 0.29) is 10.6 Å². The molecule has 0 unspecified atom stereocenters. The summed E-state index contributed by atoms with van der Waals surface area (Å²) in [7, 11) is 0. The third kappa shape index (κ3) is 5.29. The Balaban J connectivity index is 1.64. The van der Waals surface area contributed by atoms with Gasteiger partial charge < -0.3 is 10.2 Å². The number of amides is 1. The van der Waals surface area contributed by atoms with Crippen molar-refractivity contribution >= 4 is 35.0 Å². The Labute approximate surface area is 166 Å². The molecule has 1 saturated heterocycles. The first-order chi connectivity index (χ1) is 13.3. The molecule has 0 bridgehead atoms. The number of hydrogen-bond donors (Lipinski definition) is 1. The smallest absolute Gasteiger partial charge is 0.372 e. The van der Waals surface area contributed by atoms with Crippen LogP contribution in [-0.4, -0.2) is 19.0 Å². The summed E-state index contributed by atoms with van der Waals surface area (Å²) in [4.78, 5) is 14.4. The van der Waals surface area contributed by atoms with Crippen LogP contribution in [0, 0.1) is 0 Å². The van der Waals surface area contributed by atoms with Crippen LogP contribution >= 0.6 is 11.6 Å². The fraction of sp³-hybridized carbons (Fsp3) is 0.286. The van der Waals surface area contributed by atoms with Crippen molar-refractivity contribution in [3.8, 4) is 0 Å². The Bertz CT molecular complexity index is 857. The lowest BCUT2D eigenvalue weighted by Crippen LogP contribution is -2.29. The number of nitrogens with one attached hydrogen (secondary N) is 1. The molecular weight excluding hydrogens is 389 g/mol. The van der Waals surface area contributed by atoms with E-state index < -0.39 is 17.6 Å². The second-order valence-electron chi connectivity index (χ2n) is 6.65. The molecule has 0 saturated carbocycles. The summed E-state index contributed by atoms with van der Waals surface area (Å²) in [5.41, 5.74) is 1.05. The van der Waals surface area contributed by atoms with E-state index in [0.29, 0.717) is 5.69 Å². The minimum Gasteiger partial charge on any atom is -0.372 e. The van der Waals surface area contributed by atoms with E-state index in [1.165, 1.54) is 37.5 Å². The normalized spacial score (nSPS) is 15.1. The van der Waals surface area contributed by atoms with Gasteiger partial charge in [0.15, 0.2) is 0 Å². The lowest BCUT2D eigenvalue weighted by atomic mass is 10.1. The van der Waals surface area contributed by atoms with E-state index >= 15 is 0 Å². The van der Waals surface area contributed by atoms with Gasteiger partial charge in [-0.3, -0.25) is 4.79 Å². The van der Waals surface area contributed by atoms with E-state index in [0.717, 1.165) is 30.9 Å². The van der Waals surface area contributed by atoms with Gasteiger partial charge in [-0.25, -0.2) is 0 Å². The molecule has 0 spiro atoms. The van der Waals surface area contributed by atoms with Crippen LogP contribution in [0.25, 0.3) is 6.08 Å². The Morgan fingerprint density at radius 1 is 1.04 bits per heavy atom. The maximum Gasteiger partial charge on any atom is 0.416 e. The number of anilines is 2. The fourth-order valence-corrected chi connectivity index (χ4v) is 3.29. The number of rotatable bonds is 4. The molecule has 1 fully saturated rings. The van der Waals surface area contributed by atoms with Crippen LogP contribution in [-0.2, 0) is 11.0 Å². The summed E-state index contributed by atoms with van der Waals surface area (Å²) in [6.07, 6.45) is 1.59. The Hall–Kier alpha value is -2.47. The highest BCUT2D eigenvalue weighted by atomic mass is 35.5. The van der Waals surface area contributed by atoms with Gasteiger partial charge in [0.2, 0.25) is 5.91 Å². The zero-order chi connectivity index (χ0) is 20.1.